The number of carbonyl (C=O) groups is 2. The van der Waals surface area contributed by atoms with E-state index in [0.29, 0.717) is 25.3 Å². The van der Waals surface area contributed by atoms with Crippen LogP contribution in [0.5, 0.6) is 0 Å². The minimum Gasteiger partial charge on any atom is -0.481 e. The molecule has 0 spiro atoms. The van der Waals surface area contributed by atoms with Crippen LogP contribution in [0.3, 0.4) is 0 Å². The van der Waals surface area contributed by atoms with Crippen LogP contribution in [0.4, 0.5) is 4.79 Å². The molecule has 0 aliphatic carbocycles. The molecule has 1 aromatic rings. The summed E-state index contributed by atoms with van der Waals surface area (Å²) in [6.07, 6.45) is 3.27. The van der Waals surface area contributed by atoms with E-state index in [0.717, 1.165) is 5.69 Å². The maximum absolute atomic E-state index is 11.8. The highest BCUT2D eigenvalue weighted by atomic mass is 16.4. The number of rotatable bonds is 4. The zero-order valence-electron chi connectivity index (χ0n) is 11.5. The van der Waals surface area contributed by atoms with Crippen molar-refractivity contribution in [3.63, 3.8) is 0 Å². The molecule has 20 heavy (non-hydrogen) atoms. The molecule has 0 radical (unpaired) electrons. The summed E-state index contributed by atoms with van der Waals surface area (Å²) in [5.74, 6) is -1.19. The molecular weight excluding hydrogens is 260 g/mol. The number of likely N-dealkylation sites (tertiary alicyclic amines) is 1. The Morgan fingerprint density at radius 3 is 2.70 bits per heavy atom. The normalized spacial score (nSPS) is 16.4. The molecule has 2 heterocycles. The molecule has 1 aliphatic heterocycles. The van der Waals surface area contributed by atoms with E-state index in [1.165, 1.54) is 0 Å². The third kappa shape index (κ3) is 3.23. The first-order chi connectivity index (χ1) is 9.47. The lowest BCUT2D eigenvalue weighted by atomic mass is 9.87. The molecule has 1 fully saturated rings. The van der Waals surface area contributed by atoms with Crippen LogP contribution >= 0.6 is 0 Å². The topological polar surface area (TPSA) is 95.4 Å². The number of nitrogens with one attached hydrogen (secondary N) is 1. The maximum atomic E-state index is 11.8. The Bertz CT molecular complexity index is 497. The van der Waals surface area contributed by atoms with Gasteiger partial charge in [0.15, 0.2) is 0 Å². The maximum Gasteiger partial charge on any atom is 0.317 e. The quantitative estimate of drug-likeness (QED) is 0.843. The Balaban J connectivity index is 1.75. The van der Waals surface area contributed by atoms with Crippen LogP contribution in [0, 0.1) is 18.8 Å². The van der Waals surface area contributed by atoms with E-state index in [4.69, 9.17) is 5.11 Å². The Hall–Kier alpha value is -2.18. The van der Waals surface area contributed by atoms with Crippen molar-refractivity contribution in [3.8, 4) is 0 Å². The average molecular weight is 278 g/mol. The van der Waals surface area contributed by atoms with Gasteiger partial charge in [-0.3, -0.25) is 14.8 Å². The third-order valence-electron chi connectivity index (χ3n) is 3.55. The monoisotopic (exact) mass is 278 g/mol. The van der Waals surface area contributed by atoms with E-state index in [9.17, 15) is 9.59 Å². The predicted molar refractivity (Wildman–Crippen MR) is 70.9 cm³/mol. The lowest BCUT2D eigenvalue weighted by molar-refractivity contribution is -0.144. The molecule has 0 saturated carbocycles. The second-order valence-corrected chi connectivity index (χ2v) is 5.10. The Kier molecular flexibility index (Phi) is 4.16. The molecule has 1 saturated heterocycles. The second-order valence-electron chi connectivity index (χ2n) is 5.10. The van der Waals surface area contributed by atoms with E-state index in [1.807, 2.05) is 6.92 Å². The molecule has 1 atom stereocenters. The average Bonchev–Trinajstić information content (AvgIpc) is 2.36. The number of aliphatic carboxylic acids is 1. The first-order valence-electron chi connectivity index (χ1n) is 6.50. The van der Waals surface area contributed by atoms with E-state index in [2.05, 4.69) is 15.3 Å². The van der Waals surface area contributed by atoms with Crippen LogP contribution in [0.25, 0.3) is 0 Å². The molecule has 7 nitrogen and oxygen atoms in total. The van der Waals surface area contributed by atoms with Crippen molar-refractivity contribution < 1.29 is 14.7 Å². The first-order valence-corrected chi connectivity index (χ1v) is 6.50. The molecule has 2 amide bonds. The van der Waals surface area contributed by atoms with Gasteiger partial charge in [-0.1, -0.05) is 6.92 Å². The predicted octanol–water partition coefficient (Wildman–Crippen LogP) is 0.647. The highest BCUT2D eigenvalue weighted by Gasteiger charge is 2.37. The Morgan fingerprint density at radius 2 is 2.15 bits per heavy atom. The molecule has 1 unspecified atom stereocenters. The van der Waals surface area contributed by atoms with Crippen molar-refractivity contribution in [2.24, 2.45) is 11.8 Å². The number of nitrogens with zero attached hydrogens (tertiary/aromatic N) is 3. The van der Waals surface area contributed by atoms with Crippen molar-refractivity contribution in [2.75, 3.05) is 13.1 Å². The molecular formula is C13H18N4O3. The zero-order valence-corrected chi connectivity index (χ0v) is 11.5. The number of carbonyl (C=O) groups excluding carboxylic acids is 1. The Labute approximate surface area is 117 Å². The largest absolute Gasteiger partial charge is 0.481 e. The lowest BCUT2D eigenvalue weighted by Gasteiger charge is -2.40. The van der Waals surface area contributed by atoms with Crippen molar-refractivity contribution in [1.82, 2.24) is 20.2 Å². The van der Waals surface area contributed by atoms with Crippen molar-refractivity contribution >= 4 is 12.0 Å². The standard InChI is InChI=1S/C13H18N4O3/c1-8-3-15-11(4-14-8)5-16-13(20)17-6-10(7-17)9(2)12(18)19/h3-4,9-10H,5-7H2,1-2H3,(H,16,20)(H,18,19). The van der Waals surface area contributed by atoms with E-state index in [-0.39, 0.29) is 11.9 Å². The third-order valence-corrected chi connectivity index (χ3v) is 3.55. The van der Waals surface area contributed by atoms with Crippen LogP contribution in [-0.4, -0.2) is 45.1 Å². The van der Waals surface area contributed by atoms with Crippen LogP contribution in [-0.2, 0) is 11.3 Å². The highest BCUT2D eigenvalue weighted by Crippen LogP contribution is 2.23. The summed E-state index contributed by atoms with van der Waals surface area (Å²) in [6.45, 7) is 4.81. The number of hydrogen-bond donors (Lipinski definition) is 2. The number of carboxylic acids is 1. The number of aryl methyl sites for hydroxylation is 1. The number of aromatic nitrogens is 2. The Morgan fingerprint density at radius 1 is 1.45 bits per heavy atom. The van der Waals surface area contributed by atoms with E-state index >= 15 is 0 Å². The molecule has 0 bridgehead atoms. The van der Waals surface area contributed by atoms with Gasteiger partial charge in [0.2, 0.25) is 0 Å². The van der Waals surface area contributed by atoms with E-state index in [1.54, 1.807) is 24.2 Å². The van der Waals surface area contributed by atoms with Crippen molar-refractivity contribution in [3.05, 3.63) is 23.8 Å². The summed E-state index contributed by atoms with van der Waals surface area (Å²) >= 11 is 0. The molecule has 0 aromatic carbocycles. The summed E-state index contributed by atoms with van der Waals surface area (Å²) in [6, 6.07) is -0.193. The number of carboxylic acid groups (broad SMARTS) is 1. The highest BCUT2D eigenvalue weighted by molar-refractivity contribution is 5.76. The number of amides is 2. The van der Waals surface area contributed by atoms with Crippen LogP contribution in [0.2, 0.25) is 0 Å². The fourth-order valence-electron chi connectivity index (χ4n) is 1.98. The van der Waals surface area contributed by atoms with Gasteiger partial charge < -0.3 is 15.3 Å². The van der Waals surface area contributed by atoms with Gasteiger partial charge >= 0.3 is 12.0 Å². The minimum atomic E-state index is -0.815. The molecule has 108 valence electrons. The van der Waals surface area contributed by atoms with Gasteiger partial charge in [0.25, 0.3) is 0 Å². The van der Waals surface area contributed by atoms with Gasteiger partial charge in [-0.05, 0) is 6.92 Å². The van der Waals surface area contributed by atoms with Crippen molar-refractivity contribution in [1.29, 1.82) is 0 Å². The summed E-state index contributed by atoms with van der Waals surface area (Å²) in [5.41, 5.74) is 1.52. The molecule has 2 rings (SSSR count). The molecule has 7 heteroatoms. The van der Waals surface area contributed by atoms with Gasteiger partial charge in [-0.15, -0.1) is 0 Å². The number of urea groups is 1. The molecule has 1 aliphatic rings. The van der Waals surface area contributed by atoms with E-state index < -0.39 is 11.9 Å². The molecule has 2 N–H and O–H groups in total. The summed E-state index contributed by atoms with van der Waals surface area (Å²) < 4.78 is 0. The summed E-state index contributed by atoms with van der Waals surface area (Å²) in [5, 5.41) is 11.6. The van der Waals surface area contributed by atoms with Gasteiger partial charge in [-0.25, -0.2) is 4.79 Å². The summed E-state index contributed by atoms with van der Waals surface area (Å²) in [4.78, 5) is 32.5. The molecule has 1 aromatic heterocycles. The fraction of sp³-hybridized carbons (Fsp3) is 0.538. The fourth-order valence-corrected chi connectivity index (χ4v) is 1.98. The zero-order chi connectivity index (χ0) is 14.7. The van der Waals surface area contributed by atoms with Crippen LogP contribution in [0.1, 0.15) is 18.3 Å². The van der Waals surface area contributed by atoms with Gasteiger partial charge in [0, 0.05) is 25.2 Å². The smallest absolute Gasteiger partial charge is 0.317 e. The minimum absolute atomic E-state index is 0.0393. The SMILES string of the molecule is Cc1cnc(CNC(=O)N2CC(C(C)C(=O)O)C2)cn1. The van der Waals surface area contributed by atoms with Crippen LogP contribution < -0.4 is 5.32 Å². The number of hydrogen-bond acceptors (Lipinski definition) is 4. The first kappa shape index (κ1) is 14.2. The van der Waals surface area contributed by atoms with Gasteiger partial charge in [-0.2, -0.15) is 0 Å². The van der Waals surface area contributed by atoms with Gasteiger partial charge in [0.05, 0.1) is 30.0 Å². The van der Waals surface area contributed by atoms with Crippen LogP contribution in [0.15, 0.2) is 12.4 Å². The van der Waals surface area contributed by atoms with Crippen molar-refractivity contribution in [2.45, 2.75) is 20.4 Å². The summed E-state index contributed by atoms with van der Waals surface area (Å²) in [7, 11) is 0. The van der Waals surface area contributed by atoms with Gasteiger partial charge in [0.1, 0.15) is 0 Å². The lowest BCUT2D eigenvalue weighted by Crippen LogP contribution is -2.56. The second kappa shape index (κ2) is 5.85.